The molecule has 0 amide bonds. The second-order valence-corrected chi connectivity index (χ2v) is 6.12. The summed E-state index contributed by atoms with van der Waals surface area (Å²) in [7, 11) is 0. The van der Waals surface area contributed by atoms with Crippen molar-refractivity contribution in [2.45, 2.75) is 57.4 Å². The van der Waals surface area contributed by atoms with E-state index in [1.807, 2.05) is 0 Å². The van der Waals surface area contributed by atoms with Crippen LogP contribution in [0.5, 0.6) is 0 Å². The minimum Gasteiger partial charge on any atom is -0.314 e. The van der Waals surface area contributed by atoms with E-state index in [-0.39, 0.29) is 0 Å². The van der Waals surface area contributed by atoms with Crippen molar-refractivity contribution in [1.82, 2.24) is 5.32 Å². The molecule has 1 aromatic carbocycles. The van der Waals surface area contributed by atoms with E-state index in [0.717, 1.165) is 24.9 Å². The number of hydrogen-bond acceptors (Lipinski definition) is 1. The molecule has 2 fully saturated rings. The van der Waals surface area contributed by atoms with Gasteiger partial charge in [-0.15, -0.1) is 0 Å². The summed E-state index contributed by atoms with van der Waals surface area (Å²) in [6.45, 7) is 3.40. The Morgan fingerprint density at radius 1 is 1.21 bits per heavy atom. The van der Waals surface area contributed by atoms with Crippen molar-refractivity contribution in [2.24, 2.45) is 0 Å². The van der Waals surface area contributed by atoms with Gasteiger partial charge in [0.2, 0.25) is 0 Å². The molecule has 0 bridgehead atoms. The van der Waals surface area contributed by atoms with Crippen molar-refractivity contribution in [3.8, 4) is 0 Å². The SMILES string of the molecule is C/C(=C/CCNC1CC1)c1ccccc1C1CCC1. The molecule has 2 aliphatic carbocycles. The molecular formula is C18H25N. The van der Waals surface area contributed by atoms with Crippen molar-refractivity contribution < 1.29 is 0 Å². The highest BCUT2D eigenvalue weighted by molar-refractivity contribution is 5.67. The van der Waals surface area contributed by atoms with E-state index in [1.165, 1.54) is 43.2 Å². The Bertz CT molecular complexity index is 453. The summed E-state index contributed by atoms with van der Waals surface area (Å²) in [6.07, 6.45) is 10.5. The summed E-state index contributed by atoms with van der Waals surface area (Å²) < 4.78 is 0. The average molecular weight is 255 g/mol. The third-order valence-electron chi connectivity index (χ3n) is 4.54. The summed E-state index contributed by atoms with van der Waals surface area (Å²) in [4.78, 5) is 0. The molecule has 0 atom stereocenters. The molecule has 1 N–H and O–H groups in total. The fourth-order valence-electron chi connectivity index (χ4n) is 2.90. The molecule has 0 spiro atoms. The summed E-state index contributed by atoms with van der Waals surface area (Å²) in [5.74, 6) is 0.823. The molecule has 1 nitrogen and oxygen atoms in total. The molecule has 1 aromatic rings. The Balaban J connectivity index is 1.63. The van der Waals surface area contributed by atoms with E-state index < -0.39 is 0 Å². The monoisotopic (exact) mass is 255 g/mol. The van der Waals surface area contributed by atoms with E-state index in [2.05, 4.69) is 42.6 Å². The fourth-order valence-corrected chi connectivity index (χ4v) is 2.90. The number of nitrogens with one attached hydrogen (secondary N) is 1. The van der Waals surface area contributed by atoms with E-state index in [4.69, 9.17) is 0 Å². The zero-order chi connectivity index (χ0) is 13.1. The highest BCUT2D eigenvalue weighted by atomic mass is 14.9. The van der Waals surface area contributed by atoms with Crippen LogP contribution in [0.4, 0.5) is 0 Å². The normalized spacial score (nSPS) is 20.4. The van der Waals surface area contributed by atoms with Crippen LogP contribution in [0.15, 0.2) is 30.3 Å². The standard InChI is InChI=1S/C18H25N/c1-14(6-5-13-19-16-11-12-16)17-9-2-3-10-18(17)15-7-4-8-15/h2-3,6,9-10,15-16,19H,4-5,7-8,11-13H2,1H3/b14-6-. The van der Waals surface area contributed by atoms with Gasteiger partial charge in [0.05, 0.1) is 0 Å². The van der Waals surface area contributed by atoms with Gasteiger partial charge in [0.1, 0.15) is 0 Å². The third-order valence-corrected chi connectivity index (χ3v) is 4.54. The first-order valence-corrected chi connectivity index (χ1v) is 7.84. The van der Waals surface area contributed by atoms with Gasteiger partial charge in [0, 0.05) is 6.04 Å². The van der Waals surface area contributed by atoms with Crippen molar-refractivity contribution in [1.29, 1.82) is 0 Å². The molecule has 19 heavy (non-hydrogen) atoms. The Kier molecular flexibility index (Phi) is 4.03. The topological polar surface area (TPSA) is 12.0 Å². The second kappa shape index (κ2) is 5.92. The predicted octanol–water partition coefficient (Wildman–Crippen LogP) is 4.50. The molecule has 102 valence electrons. The average Bonchev–Trinajstić information content (AvgIpc) is 3.17. The third kappa shape index (κ3) is 3.27. The van der Waals surface area contributed by atoms with Crippen molar-refractivity contribution in [3.63, 3.8) is 0 Å². The van der Waals surface area contributed by atoms with E-state index in [9.17, 15) is 0 Å². The maximum absolute atomic E-state index is 3.58. The van der Waals surface area contributed by atoms with Crippen LogP contribution in [-0.2, 0) is 0 Å². The molecule has 3 rings (SSSR count). The first-order chi connectivity index (χ1) is 9.34. The van der Waals surface area contributed by atoms with Crippen molar-refractivity contribution in [3.05, 3.63) is 41.5 Å². The largest absolute Gasteiger partial charge is 0.314 e. The number of hydrogen-bond donors (Lipinski definition) is 1. The van der Waals surface area contributed by atoms with Crippen LogP contribution in [0, 0.1) is 0 Å². The maximum Gasteiger partial charge on any atom is 0.00683 e. The lowest BCUT2D eigenvalue weighted by atomic mass is 9.77. The zero-order valence-electron chi connectivity index (χ0n) is 12.0. The maximum atomic E-state index is 3.58. The lowest BCUT2D eigenvalue weighted by Crippen LogP contribution is -2.16. The van der Waals surface area contributed by atoms with Crippen LogP contribution >= 0.6 is 0 Å². The lowest BCUT2D eigenvalue weighted by molar-refractivity contribution is 0.419. The van der Waals surface area contributed by atoms with Gasteiger partial charge in [-0.1, -0.05) is 36.8 Å². The molecule has 1 heteroatoms. The number of allylic oxidation sites excluding steroid dienone is 1. The van der Waals surface area contributed by atoms with Crippen LogP contribution in [0.25, 0.3) is 5.57 Å². The predicted molar refractivity (Wildman–Crippen MR) is 82.3 cm³/mol. The van der Waals surface area contributed by atoms with Crippen molar-refractivity contribution >= 4 is 5.57 Å². The smallest absolute Gasteiger partial charge is 0.00683 e. The summed E-state index contributed by atoms with van der Waals surface area (Å²) in [6, 6.07) is 9.83. The van der Waals surface area contributed by atoms with Gasteiger partial charge in [-0.25, -0.2) is 0 Å². The zero-order valence-corrected chi connectivity index (χ0v) is 12.0. The van der Waals surface area contributed by atoms with Gasteiger partial charge in [-0.05, 0) is 68.2 Å². The molecule has 2 aliphatic rings. The van der Waals surface area contributed by atoms with Crippen LogP contribution in [0.2, 0.25) is 0 Å². The van der Waals surface area contributed by atoms with Gasteiger partial charge in [0.25, 0.3) is 0 Å². The van der Waals surface area contributed by atoms with Gasteiger partial charge in [-0.2, -0.15) is 0 Å². The van der Waals surface area contributed by atoms with Crippen LogP contribution in [-0.4, -0.2) is 12.6 Å². The quantitative estimate of drug-likeness (QED) is 0.738. The molecule has 0 heterocycles. The highest BCUT2D eigenvalue weighted by Gasteiger charge is 2.22. The van der Waals surface area contributed by atoms with Gasteiger partial charge < -0.3 is 5.32 Å². The van der Waals surface area contributed by atoms with E-state index in [1.54, 1.807) is 5.56 Å². The molecular weight excluding hydrogens is 230 g/mol. The number of benzene rings is 1. The Hall–Kier alpha value is -1.08. The molecule has 0 aliphatic heterocycles. The Morgan fingerprint density at radius 2 is 2.00 bits per heavy atom. The summed E-state index contributed by atoms with van der Waals surface area (Å²) in [5, 5.41) is 3.58. The Morgan fingerprint density at radius 3 is 2.68 bits per heavy atom. The molecule has 0 unspecified atom stereocenters. The Labute approximate surface area is 117 Å². The second-order valence-electron chi connectivity index (χ2n) is 6.12. The first-order valence-electron chi connectivity index (χ1n) is 7.84. The van der Waals surface area contributed by atoms with Crippen LogP contribution < -0.4 is 5.32 Å². The van der Waals surface area contributed by atoms with Crippen LogP contribution in [0.3, 0.4) is 0 Å². The molecule has 0 saturated heterocycles. The van der Waals surface area contributed by atoms with E-state index in [0.29, 0.717) is 0 Å². The van der Waals surface area contributed by atoms with E-state index >= 15 is 0 Å². The van der Waals surface area contributed by atoms with Gasteiger partial charge >= 0.3 is 0 Å². The summed E-state index contributed by atoms with van der Waals surface area (Å²) >= 11 is 0. The van der Waals surface area contributed by atoms with Crippen LogP contribution in [0.1, 0.15) is 62.5 Å². The fraction of sp³-hybridized carbons (Fsp3) is 0.556. The van der Waals surface area contributed by atoms with Crippen molar-refractivity contribution in [2.75, 3.05) is 6.54 Å². The van der Waals surface area contributed by atoms with Gasteiger partial charge in [0.15, 0.2) is 0 Å². The first kappa shape index (κ1) is 12.9. The summed E-state index contributed by atoms with van der Waals surface area (Å²) in [5.41, 5.74) is 4.52. The minimum absolute atomic E-state index is 0.823. The van der Waals surface area contributed by atoms with Gasteiger partial charge in [-0.3, -0.25) is 0 Å². The molecule has 2 saturated carbocycles. The molecule has 0 radical (unpaired) electrons. The lowest BCUT2D eigenvalue weighted by Gasteiger charge is -2.28. The highest BCUT2D eigenvalue weighted by Crippen LogP contribution is 2.39. The molecule has 0 aromatic heterocycles. The minimum atomic E-state index is 0.823. The number of rotatable bonds is 6.